The average molecular weight is 359 g/mol. The molecule has 6 heteroatoms. The predicted octanol–water partition coefficient (Wildman–Crippen LogP) is 3.16. The number of hydrogen-bond donors (Lipinski definition) is 3. The summed E-state index contributed by atoms with van der Waals surface area (Å²) in [4.78, 5) is 17.4. The van der Waals surface area contributed by atoms with E-state index in [0.717, 1.165) is 33.1 Å². The van der Waals surface area contributed by atoms with Gasteiger partial charge in [-0.05, 0) is 42.3 Å². The van der Waals surface area contributed by atoms with E-state index in [0.29, 0.717) is 17.8 Å². The number of rotatable bonds is 4. The van der Waals surface area contributed by atoms with E-state index >= 15 is 0 Å². The van der Waals surface area contributed by atoms with Crippen LogP contribution >= 0.6 is 0 Å². The van der Waals surface area contributed by atoms with Gasteiger partial charge in [0, 0.05) is 17.9 Å². The van der Waals surface area contributed by atoms with Gasteiger partial charge in [-0.3, -0.25) is 9.89 Å². The standard InChI is InChI=1S/C21H21N5O/c1-12-9-17(19-13(2)25-26-20(19)23-12)21(27)24-18(11-22)16-8-7-14-5-3-4-6-15(14)10-16/h3-10,18H,11,22H2,1-2H3,(H,24,27)(H,23,25,26). The summed E-state index contributed by atoms with van der Waals surface area (Å²) >= 11 is 0. The highest BCUT2D eigenvalue weighted by atomic mass is 16.1. The molecule has 0 spiro atoms. The van der Waals surface area contributed by atoms with Crippen LogP contribution in [0.4, 0.5) is 0 Å². The molecule has 0 aliphatic heterocycles. The number of benzene rings is 2. The fourth-order valence-corrected chi connectivity index (χ4v) is 3.42. The molecule has 2 heterocycles. The molecule has 1 amide bonds. The van der Waals surface area contributed by atoms with Gasteiger partial charge in [-0.2, -0.15) is 5.10 Å². The van der Waals surface area contributed by atoms with Crippen molar-refractivity contribution in [2.45, 2.75) is 19.9 Å². The van der Waals surface area contributed by atoms with Crippen molar-refractivity contribution in [1.29, 1.82) is 0 Å². The third-order valence-corrected chi connectivity index (χ3v) is 4.79. The van der Waals surface area contributed by atoms with Crippen LogP contribution in [0.15, 0.2) is 48.5 Å². The number of pyridine rings is 1. The number of fused-ring (bicyclic) bond motifs is 2. The first-order valence-electron chi connectivity index (χ1n) is 8.89. The van der Waals surface area contributed by atoms with E-state index in [1.807, 2.05) is 32.0 Å². The van der Waals surface area contributed by atoms with Gasteiger partial charge in [0.1, 0.15) is 0 Å². The number of aryl methyl sites for hydroxylation is 2. The minimum atomic E-state index is -0.280. The number of hydrogen-bond acceptors (Lipinski definition) is 4. The summed E-state index contributed by atoms with van der Waals surface area (Å²) < 4.78 is 0. The number of aromatic nitrogens is 3. The van der Waals surface area contributed by atoms with E-state index in [1.54, 1.807) is 6.07 Å². The van der Waals surface area contributed by atoms with Gasteiger partial charge in [-0.25, -0.2) is 4.98 Å². The third kappa shape index (κ3) is 3.15. The van der Waals surface area contributed by atoms with Crippen molar-refractivity contribution in [2.24, 2.45) is 5.73 Å². The van der Waals surface area contributed by atoms with E-state index in [-0.39, 0.29) is 11.9 Å². The van der Waals surface area contributed by atoms with Crippen molar-refractivity contribution in [3.63, 3.8) is 0 Å². The number of nitrogens with two attached hydrogens (primary N) is 1. The second kappa shape index (κ2) is 6.81. The molecule has 0 saturated carbocycles. The maximum absolute atomic E-state index is 13.0. The van der Waals surface area contributed by atoms with Gasteiger partial charge in [-0.15, -0.1) is 0 Å². The van der Waals surface area contributed by atoms with Crippen LogP contribution in [-0.4, -0.2) is 27.6 Å². The van der Waals surface area contributed by atoms with Gasteiger partial charge in [0.2, 0.25) is 0 Å². The molecule has 4 aromatic rings. The molecule has 0 saturated heterocycles. The summed E-state index contributed by atoms with van der Waals surface area (Å²) in [6.45, 7) is 4.04. The second-order valence-corrected chi connectivity index (χ2v) is 6.73. The Labute approximate surface area is 156 Å². The number of nitrogens with zero attached hydrogens (tertiary/aromatic N) is 2. The molecule has 4 rings (SSSR count). The fraction of sp³-hybridized carbons (Fsp3) is 0.190. The number of aromatic amines is 1. The maximum atomic E-state index is 13.0. The zero-order chi connectivity index (χ0) is 19.0. The molecule has 0 radical (unpaired) electrons. The molecule has 2 aromatic heterocycles. The Balaban J connectivity index is 1.69. The Kier molecular flexibility index (Phi) is 4.33. The topological polar surface area (TPSA) is 96.7 Å². The summed E-state index contributed by atoms with van der Waals surface area (Å²) in [7, 11) is 0. The average Bonchev–Trinajstić information content (AvgIpc) is 3.05. The first kappa shape index (κ1) is 17.2. The molecule has 0 bridgehead atoms. The molecule has 6 nitrogen and oxygen atoms in total. The van der Waals surface area contributed by atoms with Crippen molar-refractivity contribution in [1.82, 2.24) is 20.5 Å². The van der Waals surface area contributed by atoms with Gasteiger partial charge in [0.15, 0.2) is 5.65 Å². The Morgan fingerprint density at radius 1 is 1.15 bits per heavy atom. The van der Waals surface area contributed by atoms with E-state index in [2.05, 4.69) is 44.8 Å². The normalized spacial score (nSPS) is 12.4. The lowest BCUT2D eigenvalue weighted by Crippen LogP contribution is -2.33. The Morgan fingerprint density at radius 3 is 2.70 bits per heavy atom. The van der Waals surface area contributed by atoms with Gasteiger partial charge >= 0.3 is 0 Å². The first-order valence-corrected chi connectivity index (χ1v) is 8.89. The van der Waals surface area contributed by atoms with E-state index in [1.165, 1.54) is 0 Å². The van der Waals surface area contributed by atoms with Crippen LogP contribution in [0.2, 0.25) is 0 Å². The van der Waals surface area contributed by atoms with Crippen LogP contribution < -0.4 is 11.1 Å². The van der Waals surface area contributed by atoms with Crippen molar-refractivity contribution < 1.29 is 4.79 Å². The molecule has 2 aromatic carbocycles. The second-order valence-electron chi connectivity index (χ2n) is 6.73. The molecule has 27 heavy (non-hydrogen) atoms. The van der Waals surface area contributed by atoms with Gasteiger partial charge in [0.25, 0.3) is 5.91 Å². The Bertz CT molecular complexity index is 1150. The number of nitrogens with one attached hydrogen (secondary N) is 2. The summed E-state index contributed by atoms with van der Waals surface area (Å²) in [5.74, 6) is -0.182. The largest absolute Gasteiger partial charge is 0.344 e. The molecular formula is C21H21N5O. The van der Waals surface area contributed by atoms with Crippen LogP contribution in [0.5, 0.6) is 0 Å². The van der Waals surface area contributed by atoms with Gasteiger partial charge in [-0.1, -0.05) is 36.4 Å². The van der Waals surface area contributed by atoms with Crippen molar-refractivity contribution >= 4 is 27.7 Å². The van der Waals surface area contributed by atoms with Crippen LogP contribution in [0.1, 0.15) is 33.4 Å². The molecule has 1 unspecified atom stereocenters. The summed E-state index contributed by atoms with van der Waals surface area (Å²) in [5.41, 5.74) is 9.63. The lowest BCUT2D eigenvalue weighted by atomic mass is 10.0. The number of amides is 1. The Morgan fingerprint density at radius 2 is 1.93 bits per heavy atom. The van der Waals surface area contributed by atoms with Crippen LogP contribution in [0.25, 0.3) is 21.8 Å². The highest BCUT2D eigenvalue weighted by Gasteiger charge is 2.19. The van der Waals surface area contributed by atoms with E-state index < -0.39 is 0 Å². The smallest absolute Gasteiger partial charge is 0.252 e. The van der Waals surface area contributed by atoms with Crippen molar-refractivity contribution in [3.8, 4) is 0 Å². The van der Waals surface area contributed by atoms with Crippen LogP contribution in [0.3, 0.4) is 0 Å². The van der Waals surface area contributed by atoms with Gasteiger partial charge in [0.05, 0.1) is 17.0 Å². The lowest BCUT2D eigenvalue weighted by Gasteiger charge is -2.18. The molecule has 1 atom stereocenters. The van der Waals surface area contributed by atoms with Crippen LogP contribution in [-0.2, 0) is 0 Å². The van der Waals surface area contributed by atoms with E-state index in [4.69, 9.17) is 5.73 Å². The summed E-state index contributed by atoms with van der Waals surface area (Å²) in [5, 5.41) is 13.2. The number of carbonyl (C=O) groups is 1. The zero-order valence-corrected chi connectivity index (χ0v) is 15.3. The molecule has 4 N–H and O–H groups in total. The SMILES string of the molecule is Cc1cc(C(=O)NC(CN)c2ccc3ccccc3c2)c2c(C)[nH]nc2n1. The summed E-state index contributed by atoms with van der Waals surface area (Å²) in [6, 6.07) is 15.8. The monoisotopic (exact) mass is 359 g/mol. The Hall–Kier alpha value is -3.25. The minimum absolute atomic E-state index is 0.182. The molecule has 0 fully saturated rings. The zero-order valence-electron chi connectivity index (χ0n) is 15.3. The van der Waals surface area contributed by atoms with Gasteiger partial charge < -0.3 is 11.1 Å². The number of carbonyl (C=O) groups excluding carboxylic acids is 1. The van der Waals surface area contributed by atoms with Crippen LogP contribution in [0, 0.1) is 13.8 Å². The molecule has 0 aliphatic rings. The van der Waals surface area contributed by atoms with Crippen molar-refractivity contribution in [3.05, 3.63) is 71.0 Å². The molecule has 0 aliphatic carbocycles. The predicted molar refractivity (Wildman–Crippen MR) is 107 cm³/mol. The third-order valence-electron chi connectivity index (χ3n) is 4.79. The minimum Gasteiger partial charge on any atom is -0.344 e. The lowest BCUT2D eigenvalue weighted by molar-refractivity contribution is 0.0939. The maximum Gasteiger partial charge on any atom is 0.252 e. The summed E-state index contributed by atoms with van der Waals surface area (Å²) in [6.07, 6.45) is 0. The molecular weight excluding hydrogens is 338 g/mol. The highest BCUT2D eigenvalue weighted by Crippen LogP contribution is 2.23. The first-order chi connectivity index (χ1) is 13.1. The number of H-pyrrole nitrogens is 1. The molecule has 136 valence electrons. The quantitative estimate of drug-likeness (QED) is 0.521. The highest BCUT2D eigenvalue weighted by molar-refractivity contribution is 6.06. The van der Waals surface area contributed by atoms with Crippen molar-refractivity contribution in [2.75, 3.05) is 6.54 Å². The van der Waals surface area contributed by atoms with E-state index in [9.17, 15) is 4.79 Å². The fourth-order valence-electron chi connectivity index (χ4n) is 3.42.